The van der Waals surface area contributed by atoms with E-state index >= 15 is 0 Å². The zero-order chi connectivity index (χ0) is 88.7. The summed E-state index contributed by atoms with van der Waals surface area (Å²) in [5.41, 5.74) is 21.5. The van der Waals surface area contributed by atoms with Crippen LogP contribution in [0.25, 0.3) is 0 Å². The number of hydrogen-bond donors (Lipinski definition) is 0. The summed E-state index contributed by atoms with van der Waals surface area (Å²) in [7, 11) is 0. The highest BCUT2D eigenvalue weighted by Gasteiger charge is 2.31. The zero-order valence-electron chi connectivity index (χ0n) is 72.8. The van der Waals surface area contributed by atoms with Crippen molar-refractivity contribution in [2.45, 2.75) is 72.5 Å². The zero-order valence-corrected chi connectivity index (χ0v) is 72.8. The molecule has 0 radical (unpaired) electrons. The summed E-state index contributed by atoms with van der Waals surface area (Å²) in [6, 6.07) is 145. The van der Waals surface area contributed by atoms with Crippen LogP contribution in [-0.2, 0) is 0 Å². The molecule has 0 fully saturated rings. The highest BCUT2D eigenvalue weighted by molar-refractivity contribution is 5.96. The molecule has 4 heterocycles. The van der Waals surface area contributed by atoms with Crippen molar-refractivity contribution in [3.8, 4) is 0 Å². The number of benzene rings is 16. The number of aliphatic imine (C=N–C) groups is 12. The lowest BCUT2D eigenvalue weighted by Gasteiger charge is -2.23. The van der Waals surface area contributed by atoms with Gasteiger partial charge in [-0.1, -0.05) is 364 Å². The van der Waals surface area contributed by atoms with Gasteiger partial charge in [0.05, 0.1) is 0 Å². The minimum absolute atomic E-state index is 0.560. The fourth-order valence-electron chi connectivity index (χ4n) is 17.7. The third-order valence-electron chi connectivity index (χ3n) is 24.1. The maximum absolute atomic E-state index is 5.79. The molecule has 16 aromatic rings. The topological polar surface area (TPSA) is 148 Å². The number of hydrogen-bond acceptors (Lipinski definition) is 12. The number of fused-ring (bicyclic) bond motifs is 18. The van der Waals surface area contributed by atoms with Gasteiger partial charge in [-0.3, -0.25) is 59.9 Å². The third-order valence-corrected chi connectivity index (χ3v) is 24.1. The first kappa shape index (κ1) is 85.0. The summed E-state index contributed by atoms with van der Waals surface area (Å²) in [5, 5.41) is 0. The first-order valence-corrected chi connectivity index (χ1v) is 45.0. The standard InChI is InChI=1S/C120H96N12/c1-13-37-97(38-14-1)109-110(98-39-15-2-16-40-98)122-74-86-63-89-66-90(64-86)78-126-116(104-51-27-8-28-52-104)118(106-55-31-10-32-56-106)130-82-94-68-92-70-96(72-94)84-132-120(108-59-35-12-36-60-108)119(107-57-33-11-34-58-107)131-83-95-69-91(67-93(71-95)81-129-117(105-53-29-9-30-54-105)115(125-77-89)103-49-25-7-26-50-103)79-127-113(101-45-21-5-22-46-101)111(99-41-17-3-18-42-99)123-75-87-61-85(73-121-109)62-88(65-87)76-124-112(100-43-19-4-20-44-100)114(128-80-92)102-47-23-6-24-48-102/h1-84,109-120H/t109-,110-,111-,112-,113-,114-,115-,116-,117-,118-,119-,120-/m1/s1. The molecule has 636 valence electrons. The van der Waals surface area contributed by atoms with E-state index in [2.05, 4.69) is 364 Å². The monoisotopic (exact) mass is 1700 g/mol. The predicted molar refractivity (Wildman–Crippen MR) is 547 cm³/mol. The van der Waals surface area contributed by atoms with Crippen molar-refractivity contribution in [2.24, 2.45) is 59.9 Å². The molecule has 12 atom stereocenters. The Morgan fingerprint density at radius 2 is 0.159 bits per heavy atom. The maximum Gasteiger partial charge on any atom is 0.101 e. The fourth-order valence-corrected chi connectivity index (χ4v) is 17.7. The van der Waals surface area contributed by atoms with Gasteiger partial charge in [0.2, 0.25) is 0 Å². The van der Waals surface area contributed by atoms with Gasteiger partial charge in [0, 0.05) is 74.6 Å². The predicted octanol–water partition coefficient (Wildman–Crippen LogP) is 26.8. The smallest absolute Gasteiger partial charge is 0.101 e. The van der Waals surface area contributed by atoms with Crippen molar-refractivity contribution in [1.82, 2.24) is 0 Å². The van der Waals surface area contributed by atoms with Gasteiger partial charge < -0.3 is 0 Å². The normalized spacial score (nSPS) is 20.4. The second-order valence-corrected chi connectivity index (χ2v) is 33.3. The fraction of sp³-hybridized carbons (Fsp3) is 0.100. The van der Waals surface area contributed by atoms with Gasteiger partial charge >= 0.3 is 0 Å². The van der Waals surface area contributed by atoms with E-state index in [0.29, 0.717) is 0 Å². The van der Waals surface area contributed by atoms with Gasteiger partial charge in [-0.25, -0.2) is 0 Å². The van der Waals surface area contributed by atoms with E-state index in [4.69, 9.17) is 59.9 Å². The van der Waals surface area contributed by atoms with Crippen molar-refractivity contribution in [3.05, 3.63) is 570 Å². The maximum atomic E-state index is 5.79. The molecule has 12 heteroatoms. The van der Waals surface area contributed by atoms with E-state index < -0.39 is 72.5 Å². The van der Waals surface area contributed by atoms with Gasteiger partial charge in [-0.2, -0.15) is 0 Å². The van der Waals surface area contributed by atoms with Gasteiger partial charge in [-0.15, -0.1) is 0 Å². The van der Waals surface area contributed by atoms with E-state index in [1.165, 1.54) is 0 Å². The van der Waals surface area contributed by atoms with Crippen LogP contribution in [0.2, 0.25) is 0 Å². The van der Waals surface area contributed by atoms with Gasteiger partial charge in [0.25, 0.3) is 0 Å². The van der Waals surface area contributed by atoms with E-state index in [1.54, 1.807) is 0 Å². The van der Waals surface area contributed by atoms with Crippen molar-refractivity contribution in [2.75, 3.05) is 0 Å². The Balaban J connectivity index is 0.936. The summed E-state index contributed by atoms with van der Waals surface area (Å²) in [6.07, 6.45) is 24.0. The van der Waals surface area contributed by atoms with Gasteiger partial charge in [0.1, 0.15) is 72.5 Å². The van der Waals surface area contributed by atoms with Crippen LogP contribution in [0.15, 0.2) is 497 Å². The van der Waals surface area contributed by atoms with Crippen molar-refractivity contribution in [3.63, 3.8) is 0 Å². The van der Waals surface area contributed by atoms with E-state index in [9.17, 15) is 0 Å². The molecular formula is C120H96N12. The van der Waals surface area contributed by atoms with Crippen LogP contribution >= 0.6 is 0 Å². The summed E-state index contributed by atoms with van der Waals surface area (Å²) < 4.78 is 0. The summed E-state index contributed by atoms with van der Waals surface area (Å²) in [4.78, 5) is 69.4. The lowest BCUT2D eigenvalue weighted by atomic mass is 9.93. The first-order valence-electron chi connectivity index (χ1n) is 45.0. The molecule has 4 aliphatic rings. The quantitative estimate of drug-likeness (QED) is 0.115. The van der Waals surface area contributed by atoms with Crippen molar-refractivity contribution in [1.29, 1.82) is 0 Å². The average molecular weight is 1710 g/mol. The van der Waals surface area contributed by atoms with Crippen LogP contribution in [0, 0.1) is 0 Å². The Hall–Kier alpha value is -16.4. The van der Waals surface area contributed by atoms with Crippen LogP contribution in [0.1, 0.15) is 206 Å². The Morgan fingerprint density at radius 3 is 0.227 bits per heavy atom. The summed E-state index contributed by atoms with van der Waals surface area (Å²) in [6.45, 7) is 0. The van der Waals surface area contributed by atoms with Gasteiger partial charge in [-0.05, 0) is 206 Å². The molecule has 0 aliphatic carbocycles. The van der Waals surface area contributed by atoms with Crippen LogP contribution in [0.4, 0.5) is 0 Å². The molecule has 12 bridgehead atoms. The minimum Gasteiger partial charge on any atom is -0.282 e. The Bertz CT molecular complexity index is 5360. The second-order valence-electron chi connectivity index (χ2n) is 33.3. The Labute approximate surface area is 772 Å². The molecule has 0 spiro atoms. The molecule has 0 saturated carbocycles. The molecule has 0 aromatic heterocycles. The molecule has 4 aliphatic heterocycles. The Morgan fingerprint density at radius 1 is 0.0909 bits per heavy atom. The van der Waals surface area contributed by atoms with Crippen LogP contribution in [0.3, 0.4) is 0 Å². The Kier molecular flexibility index (Phi) is 27.0. The molecular weight excluding hydrogens is 1610 g/mol. The molecule has 0 amide bonds. The lowest BCUT2D eigenvalue weighted by molar-refractivity contribution is 0.583. The van der Waals surface area contributed by atoms with E-state index in [0.717, 1.165) is 134 Å². The average Bonchev–Trinajstić information content (AvgIpc) is 0.877. The van der Waals surface area contributed by atoms with Crippen LogP contribution in [0.5, 0.6) is 0 Å². The number of nitrogens with zero attached hydrogens (tertiary/aromatic N) is 12. The molecule has 0 N–H and O–H groups in total. The largest absolute Gasteiger partial charge is 0.282 e. The minimum atomic E-state index is -0.560. The molecule has 20 rings (SSSR count). The first-order chi connectivity index (χ1) is 65.4. The van der Waals surface area contributed by atoms with Crippen LogP contribution in [-0.4, -0.2) is 74.6 Å². The second kappa shape index (κ2) is 42.0. The molecule has 16 aromatic carbocycles. The molecule has 0 unspecified atom stereocenters. The van der Waals surface area contributed by atoms with E-state index in [-0.39, 0.29) is 0 Å². The highest BCUT2D eigenvalue weighted by atomic mass is 15.0. The van der Waals surface area contributed by atoms with Crippen LogP contribution < -0.4 is 0 Å². The molecule has 132 heavy (non-hydrogen) atoms. The SMILES string of the molecule is C1=N[C@H](c2ccccc2)[C@@H](c2ccccc2)N=Cc2cc3cc(c2)C=N[C@H](c2ccccc2)[C@@H](c2ccccc2)N=Cc2cc4cc(c2)C=N[C@H](c2ccccc2)[C@@H](c2ccccc2)N=Cc2cc(cc(c2)C=N[C@H](c2ccccc2)[C@@H](c2ccccc2)N=C3)C=N[C@H](c2ccccc2)[C@@H](c2ccccc2)N=Cc2cc1cc(c2)C=N[C@H](c1ccccc1)[C@@H](c1ccccc1)N=C4. The highest BCUT2D eigenvalue weighted by Crippen LogP contribution is 2.44. The van der Waals surface area contributed by atoms with Crippen molar-refractivity contribution >= 4 is 74.6 Å². The molecule has 0 saturated heterocycles. The molecule has 12 nitrogen and oxygen atoms in total. The number of rotatable bonds is 12. The van der Waals surface area contributed by atoms with Crippen molar-refractivity contribution < 1.29 is 0 Å². The van der Waals surface area contributed by atoms with Gasteiger partial charge in [0.15, 0.2) is 0 Å². The summed E-state index contributed by atoms with van der Waals surface area (Å²) in [5.74, 6) is 0. The summed E-state index contributed by atoms with van der Waals surface area (Å²) >= 11 is 0. The lowest BCUT2D eigenvalue weighted by Crippen LogP contribution is -2.10. The third kappa shape index (κ3) is 21.4. The van der Waals surface area contributed by atoms with E-state index in [1.807, 2.05) is 147 Å².